The molecule has 0 saturated carbocycles. The lowest BCUT2D eigenvalue weighted by Crippen LogP contribution is -2.09. The monoisotopic (exact) mass is 286 g/mol. The van der Waals surface area contributed by atoms with Gasteiger partial charge in [0.15, 0.2) is 0 Å². The Kier molecular flexibility index (Phi) is 4.71. The fraction of sp³-hybridized carbons (Fsp3) is 0.267. The summed E-state index contributed by atoms with van der Waals surface area (Å²) in [4.78, 5) is 15.8. The van der Waals surface area contributed by atoms with E-state index >= 15 is 0 Å². The van der Waals surface area contributed by atoms with E-state index in [-0.39, 0.29) is 17.9 Å². The molecular formula is C15H18N4O2. The lowest BCUT2D eigenvalue weighted by Gasteiger charge is -2.01. The Bertz CT molecular complexity index is 661. The van der Waals surface area contributed by atoms with Crippen molar-refractivity contribution in [3.05, 3.63) is 41.0 Å². The topological polar surface area (TPSA) is 79.9 Å². The minimum Gasteiger partial charge on any atom is -0.463 e. The number of anilines is 1. The summed E-state index contributed by atoms with van der Waals surface area (Å²) in [5, 5.41) is 8.98. The van der Waals surface area contributed by atoms with E-state index in [1.807, 2.05) is 32.9 Å². The summed E-state index contributed by atoms with van der Waals surface area (Å²) in [5.41, 5.74) is 3.32. The van der Waals surface area contributed by atoms with Gasteiger partial charge < -0.3 is 4.74 Å². The molecule has 6 nitrogen and oxygen atoms in total. The number of benzene rings is 1. The Balaban J connectivity index is 1.98. The number of carbonyl (C=O) groups is 1. The van der Waals surface area contributed by atoms with Crippen LogP contribution in [0, 0.1) is 13.8 Å². The lowest BCUT2D eigenvalue weighted by molar-refractivity contribution is -0.111. The quantitative estimate of drug-likeness (QED) is 0.827. The molecular weight excluding hydrogens is 268 g/mol. The number of aromatic nitrogens is 3. The second kappa shape index (κ2) is 6.69. The molecule has 0 unspecified atom stereocenters. The summed E-state index contributed by atoms with van der Waals surface area (Å²) in [5.74, 6) is -0.0251. The van der Waals surface area contributed by atoms with Gasteiger partial charge in [0.05, 0.1) is 6.61 Å². The van der Waals surface area contributed by atoms with Crippen LogP contribution in [0.3, 0.4) is 0 Å². The second-order valence-electron chi connectivity index (χ2n) is 4.58. The first-order valence-electron chi connectivity index (χ1n) is 6.70. The van der Waals surface area contributed by atoms with E-state index in [1.165, 1.54) is 11.6 Å². The second-order valence-corrected chi connectivity index (χ2v) is 4.58. The molecule has 1 aromatic heterocycles. The van der Waals surface area contributed by atoms with Crippen molar-refractivity contribution < 1.29 is 9.53 Å². The van der Waals surface area contributed by atoms with Crippen molar-refractivity contribution in [3.8, 4) is 6.01 Å². The first-order valence-corrected chi connectivity index (χ1v) is 6.70. The van der Waals surface area contributed by atoms with Crippen LogP contribution in [0.5, 0.6) is 6.01 Å². The number of rotatable bonds is 5. The average molecular weight is 286 g/mol. The van der Waals surface area contributed by atoms with Gasteiger partial charge in [0.2, 0.25) is 5.95 Å². The van der Waals surface area contributed by atoms with Crippen molar-refractivity contribution in [2.45, 2.75) is 20.8 Å². The maximum atomic E-state index is 11.8. The number of hydrogen-bond donors (Lipinski definition) is 2. The molecule has 0 aliphatic rings. The number of carbonyl (C=O) groups excluding carboxylic acids is 1. The van der Waals surface area contributed by atoms with Crippen LogP contribution in [0.15, 0.2) is 24.3 Å². The number of nitrogens with zero attached hydrogens (tertiary/aromatic N) is 2. The molecule has 2 rings (SSSR count). The van der Waals surface area contributed by atoms with Gasteiger partial charge in [-0.15, -0.1) is 5.10 Å². The number of hydrogen-bond acceptors (Lipinski definition) is 4. The molecule has 0 radical (unpaired) electrons. The molecule has 0 bridgehead atoms. The van der Waals surface area contributed by atoms with E-state index in [9.17, 15) is 4.79 Å². The van der Waals surface area contributed by atoms with Crippen molar-refractivity contribution in [2.24, 2.45) is 0 Å². The minimum absolute atomic E-state index is 0.214. The third-order valence-corrected chi connectivity index (χ3v) is 2.82. The van der Waals surface area contributed by atoms with Crippen LogP contribution in [0.1, 0.15) is 23.6 Å². The molecule has 21 heavy (non-hydrogen) atoms. The average Bonchev–Trinajstić information content (AvgIpc) is 2.85. The largest absolute Gasteiger partial charge is 0.463 e. The van der Waals surface area contributed by atoms with E-state index in [2.05, 4.69) is 26.6 Å². The predicted molar refractivity (Wildman–Crippen MR) is 81.1 cm³/mol. The summed E-state index contributed by atoms with van der Waals surface area (Å²) in [7, 11) is 0. The Morgan fingerprint density at radius 1 is 1.43 bits per heavy atom. The minimum atomic E-state index is -0.283. The zero-order valence-corrected chi connectivity index (χ0v) is 12.3. The van der Waals surface area contributed by atoms with Crippen LogP contribution in [-0.4, -0.2) is 27.7 Å². The van der Waals surface area contributed by atoms with Gasteiger partial charge in [0.1, 0.15) is 0 Å². The Hall–Kier alpha value is -2.63. The van der Waals surface area contributed by atoms with Gasteiger partial charge >= 0.3 is 6.01 Å². The highest BCUT2D eigenvalue weighted by Crippen LogP contribution is 2.12. The molecule has 0 saturated heterocycles. The Morgan fingerprint density at radius 3 is 2.95 bits per heavy atom. The molecule has 0 spiro atoms. The Morgan fingerprint density at radius 2 is 2.24 bits per heavy atom. The summed E-state index contributed by atoms with van der Waals surface area (Å²) in [6, 6.07) is 6.28. The number of H-pyrrole nitrogens is 1. The predicted octanol–water partition coefficient (Wildman–Crippen LogP) is 2.47. The van der Waals surface area contributed by atoms with Gasteiger partial charge in [-0.05, 0) is 38.0 Å². The number of aryl methyl sites for hydroxylation is 2. The molecule has 0 aliphatic heterocycles. The smallest absolute Gasteiger partial charge is 0.337 e. The standard InChI is InChI=1S/C15H18N4O2/c1-4-21-15-17-14(18-19-15)16-13(20)8-7-12-6-5-10(2)9-11(12)3/h5-9H,4H2,1-3H3,(H2,16,17,18,19,20)/b8-7+. The number of aromatic amines is 1. The van der Waals surface area contributed by atoms with Crippen molar-refractivity contribution in [3.63, 3.8) is 0 Å². The van der Waals surface area contributed by atoms with Gasteiger partial charge in [-0.2, -0.15) is 4.98 Å². The fourth-order valence-electron chi connectivity index (χ4n) is 1.83. The highest BCUT2D eigenvalue weighted by atomic mass is 16.5. The third kappa shape index (κ3) is 4.17. The fourth-order valence-corrected chi connectivity index (χ4v) is 1.83. The molecule has 1 aromatic carbocycles. The van der Waals surface area contributed by atoms with Crippen LogP contribution in [0.25, 0.3) is 6.08 Å². The molecule has 2 aromatic rings. The van der Waals surface area contributed by atoms with E-state index in [1.54, 1.807) is 6.08 Å². The van der Waals surface area contributed by atoms with Crippen LogP contribution in [-0.2, 0) is 4.79 Å². The van der Waals surface area contributed by atoms with Crippen LogP contribution >= 0.6 is 0 Å². The molecule has 110 valence electrons. The van der Waals surface area contributed by atoms with Gasteiger partial charge in [-0.3, -0.25) is 10.1 Å². The zero-order valence-electron chi connectivity index (χ0n) is 12.3. The van der Waals surface area contributed by atoms with E-state index in [0.29, 0.717) is 6.61 Å². The normalized spacial score (nSPS) is 10.8. The Labute approximate surface area is 123 Å². The molecule has 6 heteroatoms. The van der Waals surface area contributed by atoms with Crippen LogP contribution < -0.4 is 10.1 Å². The number of ether oxygens (including phenoxy) is 1. The molecule has 0 atom stereocenters. The molecule has 1 heterocycles. The van der Waals surface area contributed by atoms with Gasteiger partial charge in [0.25, 0.3) is 5.91 Å². The van der Waals surface area contributed by atoms with Gasteiger partial charge in [-0.25, -0.2) is 5.10 Å². The molecule has 0 fully saturated rings. The number of nitrogens with one attached hydrogen (secondary N) is 2. The highest BCUT2D eigenvalue weighted by Gasteiger charge is 2.05. The van der Waals surface area contributed by atoms with E-state index < -0.39 is 0 Å². The third-order valence-electron chi connectivity index (χ3n) is 2.82. The first kappa shape index (κ1) is 14.8. The SMILES string of the molecule is CCOc1n[nH]c(NC(=O)/C=C/c2ccc(C)cc2C)n1. The van der Waals surface area contributed by atoms with Gasteiger partial charge in [-0.1, -0.05) is 23.8 Å². The number of amides is 1. The van der Waals surface area contributed by atoms with Crippen molar-refractivity contribution in [1.29, 1.82) is 0 Å². The maximum Gasteiger partial charge on any atom is 0.337 e. The van der Waals surface area contributed by atoms with Crippen molar-refractivity contribution in [1.82, 2.24) is 15.2 Å². The summed E-state index contributed by atoms with van der Waals surface area (Å²) >= 11 is 0. The molecule has 2 N–H and O–H groups in total. The lowest BCUT2D eigenvalue weighted by atomic mass is 10.1. The van der Waals surface area contributed by atoms with Crippen molar-refractivity contribution in [2.75, 3.05) is 11.9 Å². The van der Waals surface area contributed by atoms with E-state index in [0.717, 1.165) is 11.1 Å². The molecule has 1 amide bonds. The first-order chi connectivity index (χ1) is 10.1. The zero-order chi connectivity index (χ0) is 15.2. The van der Waals surface area contributed by atoms with Crippen LogP contribution in [0.2, 0.25) is 0 Å². The maximum absolute atomic E-state index is 11.8. The summed E-state index contributed by atoms with van der Waals surface area (Å²) < 4.78 is 5.10. The van der Waals surface area contributed by atoms with Crippen LogP contribution in [0.4, 0.5) is 5.95 Å². The van der Waals surface area contributed by atoms with Crippen molar-refractivity contribution >= 4 is 17.9 Å². The van der Waals surface area contributed by atoms with E-state index in [4.69, 9.17) is 4.74 Å². The molecule has 0 aliphatic carbocycles. The van der Waals surface area contributed by atoms with Gasteiger partial charge in [0, 0.05) is 6.08 Å². The summed E-state index contributed by atoms with van der Waals surface area (Å²) in [6.45, 7) is 6.35. The highest BCUT2D eigenvalue weighted by molar-refractivity contribution is 6.00. The summed E-state index contributed by atoms with van der Waals surface area (Å²) in [6.07, 6.45) is 3.23.